The fourth-order valence-electron chi connectivity index (χ4n) is 1.55. The zero-order valence-corrected chi connectivity index (χ0v) is 12.2. The third-order valence-corrected chi connectivity index (χ3v) is 3.87. The van der Waals surface area contributed by atoms with E-state index in [0.717, 1.165) is 18.6 Å². The molecule has 0 heterocycles. The van der Waals surface area contributed by atoms with E-state index in [-0.39, 0.29) is 6.04 Å². The minimum atomic E-state index is -4.31. The number of halogens is 4. The molecule has 0 fully saturated rings. The van der Waals surface area contributed by atoms with Crippen LogP contribution >= 0.6 is 15.9 Å². The van der Waals surface area contributed by atoms with Crippen LogP contribution in [-0.4, -0.2) is 6.04 Å². The monoisotopic (exact) mass is 323 g/mol. The number of anilines is 1. The lowest BCUT2D eigenvalue weighted by atomic mass is 10.0. The van der Waals surface area contributed by atoms with Gasteiger partial charge in [-0.15, -0.1) is 0 Å². The molecule has 1 nitrogen and oxygen atoms in total. The normalized spacial score (nSPS) is 15.3. The molecular weight excluding hydrogens is 307 g/mol. The first-order valence-electron chi connectivity index (χ1n) is 5.89. The van der Waals surface area contributed by atoms with E-state index in [1.54, 1.807) is 0 Å². The Hall–Kier alpha value is -0.710. The van der Waals surface area contributed by atoms with Gasteiger partial charge in [-0.3, -0.25) is 0 Å². The third-order valence-electron chi connectivity index (χ3n) is 3.17. The van der Waals surface area contributed by atoms with Crippen molar-refractivity contribution in [2.45, 2.75) is 39.4 Å². The van der Waals surface area contributed by atoms with Crippen molar-refractivity contribution in [3.05, 3.63) is 28.2 Å². The van der Waals surface area contributed by atoms with Gasteiger partial charge >= 0.3 is 6.18 Å². The van der Waals surface area contributed by atoms with Crippen LogP contribution in [0.25, 0.3) is 0 Å². The quantitative estimate of drug-likeness (QED) is 0.791. The first-order valence-corrected chi connectivity index (χ1v) is 6.68. The molecule has 1 aromatic rings. The Morgan fingerprint density at radius 3 is 2.39 bits per heavy atom. The highest BCUT2D eigenvalue weighted by atomic mass is 79.9. The fraction of sp³-hybridized carbons (Fsp3) is 0.538. The Bertz CT molecular complexity index is 404. The molecule has 1 rings (SSSR count). The minimum Gasteiger partial charge on any atom is -0.381 e. The molecule has 2 atom stereocenters. The molecule has 0 bridgehead atoms. The highest BCUT2D eigenvalue weighted by Gasteiger charge is 2.31. The molecule has 0 spiro atoms. The zero-order valence-electron chi connectivity index (χ0n) is 10.6. The second-order valence-corrected chi connectivity index (χ2v) is 5.37. The number of nitrogens with one attached hydrogen (secondary N) is 1. The molecule has 0 aliphatic carbocycles. The summed E-state index contributed by atoms with van der Waals surface area (Å²) in [6, 6.07) is 3.76. The van der Waals surface area contributed by atoms with Gasteiger partial charge in [-0.2, -0.15) is 13.2 Å². The van der Waals surface area contributed by atoms with E-state index in [1.807, 2.05) is 6.92 Å². The molecular formula is C13H17BrF3N. The largest absolute Gasteiger partial charge is 0.416 e. The van der Waals surface area contributed by atoms with E-state index >= 15 is 0 Å². The second kappa shape index (κ2) is 5.95. The van der Waals surface area contributed by atoms with Gasteiger partial charge in [-0.05, 0) is 47.0 Å². The maximum atomic E-state index is 12.6. The lowest BCUT2D eigenvalue weighted by molar-refractivity contribution is -0.137. The van der Waals surface area contributed by atoms with Gasteiger partial charge in [0.1, 0.15) is 0 Å². The Kier molecular flexibility index (Phi) is 5.08. The van der Waals surface area contributed by atoms with Crippen molar-refractivity contribution in [1.29, 1.82) is 0 Å². The van der Waals surface area contributed by atoms with E-state index < -0.39 is 11.7 Å². The summed E-state index contributed by atoms with van der Waals surface area (Å²) in [5.41, 5.74) is -0.151. The number of rotatable bonds is 4. The topological polar surface area (TPSA) is 12.0 Å². The maximum absolute atomic E-state index is 12.6. The molecule has 1 aromatic carbocycles. The summed E-state index contributed by atoms with van der Waals surface area (Å²) in [5, 5.41) is 3.13. The number of benzene rings is 1. The van der Waals surface area contributed by atoms with Crippen molar-refractivity contribution in [2.75, 3.05) is 5.32 Å². The molecule has 0 saturated heterocycles. The zero-order chi connectivity index (χ0) is 13.9. The predicted octanol–water partition coefficient (Wildman–Crippen LogP) is 5.31. The summed E-state index contributed by atoms with van der Waals surface area (Å²) in [5.74, 6) is 0.395. The molecule has 102 valence electrons. The smallest absolute Gasteiger partial charge is 0.381 e. The highest BCUT2D eigenvalue weighted by molar-refractivity contribution is 9.10. The van der Waals surface area contributed by atoms with E-state index in [4.69, 9.17) is 0 Å². The Morgan fingerprint density at radius 1 is 1.28 bits per heavy atom. The molecule has 5 heteroatoms. The van der Waals surface area contributed by atoms with Gasteiger partial charge in [-0.1, -0.05) is 20.3 Å². The summed E-state index contributed by atoms with van der Waals surface area (Å²) in [6.45, 7) is 6.10. The van der Waals surface area contributed by atoms with E-state index in [1.165, 1.54) is 6.07 Å². The van der Waals surface area contributed by atoms with Crippen LogP contribution in [0.15, 0.2) is 22.7 Å². The van der Waals surface area contributed by atoms with Gasteiger partial charge in [-0.25, -0.2) is 0 Å². The van der Waals surface area contributed by atoms with Gasteiger partial charge < -0.3 is 5.32 Å². The maximum Gasteiger partial charge on any atom is 0.416 e. The Balaban J connectivity index is 2.95. The third kappa shape index (κ3) is 3.90. The number of hydrogen-bond acceptors (Lipinski definition) is 1. The van der Waals surface area contributed by atoms with Crippen LogP contribution < -0.4 is 5.32 Å². The van der Waals surface area contributed by atoms with Crippen molar-refractivity contribution in [3.63, 3.8) is 0 Å². The van der Waals surface area contributed by atoms with Gasteiger partial charge in [0, 0.05) is 16.2 Å². The van der Waals surface area contributed by atoms with Crippen molar-refractivity contribution in [1.82, 2.24) is 0 Å². The van der Waals surface area contributed by atoms with E-state index in [9.17, 15) is 13.2 Å². The van der Waals surface area contributed by atoms with Crippen molar-refractivity contribution in [2.24, 2.45) is 5.92 Å². The summed E-state index contributed by atoms with van der Waals surface area (Å²) in [6.07, 6.45) is -3.33. The molecule has 0 aliphatic heterocycles. The van der Waals surface area contributed by atoms with Crippen LogP contribution in [0.4, 0.5) is 18.9 Å². The van der Waals surface area contributed by atoms with Gasteiger partial charge in [0.2, 0.25) is 0 Å². The lowest BCUT2D eigenvalue weighted by Crippen LogP contribution is -2.23. The summed E-state index contributed by atoms with van der Waals surface area (Å²) in [7, 11) is 0. The second-order valence-electron chi connectivity index (χ2n) is 4.51. The number of hydrogen-bond donors (Lipinski definition) is 1. The van der Waals surface area contributed by atoms with Crippen molar-refractivity contribution >= 4 is 21.6 Å². The minimum absolute atomic E-state index is 0.120. The first kappa shape index (κ1) is 15.3. The molecule has 0 aliphatic rings. The first-order chi connectivity index (χ1) is 8.25. The number of alkyl halides is 3. The van der Waals surface area contributed by atoms with Gasteiger partial charge in [0.25, 0.3) is 0 Å². The van der Waals surface area contributed by atoms with Crippen molar-refractivity contribution < 1.29 is 13.2 Å². The molecule has 0 radical (unpaired) electrons. The van der Waals surface area contributed by atoms with E-state index in [0.29, 0.717) is 16.1 Å². The molecule has 0 saturated carbocycles. The average molecular weight is 324 g/mol. The fourth-order valence-corrected chi connectivity index (χ4v) is 1.91. The molecule has 0 amide bonds. The van der Waals surface area contributed by atoms with Crippen LogP contribution in [0.2, 0.25) is 0 Å². The predicted molar refractivity (Wildman–Crippen MR) is 71.7 cm³/mol. The van der Waals surface area contributed by atoms with Crippen LogP contribution in [0.1, 0.15) is 32.8 Å². The SMILES string of the molecule is CCC(C)C(C)Nc1cc(C(F)(F)F)ccc1Br. The molecule has 0 aromatic heterocycles. The lowest BCUT2D eigenvalue weighted by Gasteiger charge is -2.22. The standard InChI is InChI=1S/C13H17BrF3N/c1-4-8(2)9(3)18-12-7-10(13(15,16)17)5-6-11(12)14/h5-9,18H,4H2,1-3H3. The van der Waals surface area contributed by atoms with Crippen LogP contribution in [0, 0.1) is 5.92 Å². The van der Waals surface area contributed by atoms with Crippen LogP contribution in [-0.2, 0) is 6.18 Å². The van der Waals surface area contributed by atoms with Gasteiger partial charge in [0.05, 0.1) is 5.56 Å². The van der Waals surface area contributed by atoms with Crippen molar-refractivity contribution in [3.8, 4) is 0 Å². The average Bonchev–Trinajstić information content (AvgIpc) is 2.29. The Labute approximate surface area is 114 Å². The molecule has 2 unspecified atom stereocenters. The summed E-state index contributed by atoms with van der Waals surface area (Å²) in [4.78, 5) is 0. The summed E-state index contributed by atoms with van der Waals surface area (Å²) >= 11 is 3.27. The van der Waals surface area contributed by atoms with Crippen LogP contribution in [0.3, 0.4) is 0 Å². The highest BCUT2D eigenvalue weighted by Crippen LogP contribution is 2.34. The van der Waals surface area contributed by atoms with E-state index in [2.05, 4.69) is 35.1 Å². The molecule has 18 heavy (non-hydrogen) atoms. The van der Waals surface area contributed by atoms with Crippen LogP contribution in [0.5, 0.6) is 0 Å². The Morgan fingerprint density at radius 2 is 1.89 bits per heavy atom. The molecule has 1 N–H and O–H groups in total. The summed E-state index contributed by atoms with van der Waals surface area (Å²) < 4.78 is 38.5. The van der Waals surface area contributed by atoms with Gasteiger partial charge in [0.15, 0.2) is 0 Å².